The SMILES string of the molecule is [CH2+]OP(=O)(O)O[C@H]1[C@@H](O)[C@H](n2ccc(=O)[nH]c2=O)O[C@@H]1COP(=O)(O)O[C@H]1[C@@H](O)[C@H](n2ccc(=O)[nH]c2=O)O[C@@H]1COP(=O)(O)O. The van der Waals surface area contributed by atoms with Gasteiger partial charge in [0.15, 0.2) is 12.5 Å². The summed E-state index contributed by atoms with van der Waals surface area (Å²) in [4.78, 5) is 89.5. The van der Waals surface area contributed by atoms with Crippen molar-refractivity contribution in [3.63, 3.8) is 0 Å². The van der Waals surface area contributed by atoms with E-state index in [9.17, 15) is 52.9 Å². The Balaban J connectivity index is 1.55. The number of hydrogen-bond acceptors (Lipinski definition) is 16. The third-order valence-electron chi connectivity index (χ3n) is 6.35. The average molecular weight is 723 g/mol. The molecule has 2 saturated heterocycles. The van der Waals surface area contributed by atoms with Gasteiger partial charge >= 0.3 is 34.8 Å². The van der Waals surface area contributed by atoms with E-state index < -0.39 is 108 Å². The van der Waals surface area contributed by atoms with Crippen LogP contribution in [0, 0.1) is 7.11 Å². The molecule has 2 fully saturated rings. The topological polar surface area (TPSA) is 347 Å². The molecule has 46 heavy (non-hydrogen) atoms. The zero-order chi connectivity index (χ0) is 34.2. The van der Waals surface area contributed by atoms with Crippen LogP contribution in [0.15, 0.2) is 43.7 Å². The van der Waals surface area contributed by atoms with E-state index in [1.54, 1.807) is 0 Å². The number of aliphatic hydroxyl groups excluding tert-OH is 2. The number of hydrogen-bond donors (Lipinski definition) is 8. The van der Waals surface area contributed by atoms with E-state index in [0.29, 0.717) is 9.13 Å². The fraction of sp³-hybridized carbons (Fsp3) is 0.526. The second-order valence-corrected chi connectivity index (χ2v) is 13.5. The first kappa shape index (κ1) is 36.2. The second-order valence-electron chi connectivity index (χ2n) is 9.43. The summed E-state index contributed by atoms with van der Waals surface area (Å²) in [5, 5.41) is 21.6. The van der Waals surface area contributed by atoms with Gasteiger partial charge in [-0.3, -0.25) is 46.8 Å². The Morgan fingerprint density at radius 1 is 0.739 bits per heavy atom. The Morgan fingerprint density at radius 3 is 1.54 bits per heavy atom. The molecule has 0 saturated carbocycles. The molecule has 27 heteroatoms. The maximum absolute atomic E-state index is 13.0. The molecule has 10 atom stereocenters. The van der Waals surface area contributed by atoms with Gasteiger partial charge in [-0.05, 0) is 0 Å². The highest BCUT2D eigenvalue weighted by molar-refractivity contribution is 7.47. The number of rotatable bonds is 13. The number of nitrogens with one attached hydrogen (secondary N) is 2. The predicted octanol–water partition coefficient (Wildman–Crippen LogP) is -3.49. The fourth-order valence-corrected chi connectivity index (χ4v) is 6.32. The maximum Gasteiger partial charge on any atom is 0.512 e. The summed E-state index contributed by atoms with van der Waals surface area (Å²) in [5.41, 5.74) is -3.85. The Hall–Kier alpha value is -2.60. The van der Waals surface area contributed by atoms with Gasteiger partial charge < -0.3 is 39.3 Å². The van der Waals surface area contributed by atoms with Gasteiger partial charge in [0.1, 0.15) is 36.6 Å². The summed E-state index contributed by atoms with van der Waals surface area (Å²) in [7, 11) is -12.8. The smallest absolute Gasteiger partial charge is 0.386 e. The molecule has 2 aliphatic heterocycles. The van der Waals surface area contributed by atoms with E-state index in [-0.39, 0.29) is 0 Å². The highest BCUT2D eigenvalue weighted by Crippen LogP contribution is 2.51. The van der Waals surface area contributed by atoms with Crippen LogP contribution in [0.3, 0.4) is 0 Å². The molecule has 8 N–H and O–H groups in total. The van der Waals surface area contributed by atoms with Gasteiger partial charge in [-0.2, -0.15) is 0 Å². The monoisotopic (exact) mass is 723 g/mol. The number of aromatic nitrogens is 4. The first-order valence-electron chi connectivity index (χ1n) is 12.4. The molecule has 0 aliphatic carbocycles. The molecule has 24 nitrogen and oxygen atoms in total. The Labute approximate surface area is 254 Å². The molecule has 256 valence electrons. The van der Waals surface area contributed by atoms with E-state index in [1.165, 1.54) is 0 Å². The number of aliphatic hydroxyl groups is 2. The summed E-state index contributed by atoms with van der Waals surface area (Å²) in [6.45, 7) is -2.18. The molecule has 2 unspecified atom stereocenters. The summed E-state index contributed by atoms with van der Waals surface area (Å²) in [5.74, 6) is 0. The van der Waals surface area contributed by atoms with Crippen LogP contribution >= 0.6 is 23.5 Å². The third-order valence-corrected chi connectivity index (χ3v) is 8.66. The van der Waals surface area contributed by atoms with Crippen molar-refractivity contribution in [3.8, 4) is 0 Å². The van der Waals surface area contributed by atoms with Gasteiger partial charge in [-0.1, -0.05) is 4.52 Å². The zero-order valence-corrected chi connectivity index (χ0v) is 25.4. The molecule has 2 aromatic rings. The van der Waals surface area contributed by atoms with Crippen molar-refractivity contribution in [1.82, 2.24) is 19.1 Å². The van der Waals surface area contributed by atoms with Crippen LogP contribution in [0.5, 0.6) is 0 Å². The molecule has 0 amide bonds. The maximum atomic E-state index is 13.0. The highest BCUT2D eigenvalue weighted by Gasteiger charge is 2.52. The summed E-state index contributed by atoms with van der Waals surface area (Å²) in [6.07, 6.45) is -13.2. The van der Waals surface area contributed by atoms with E-state index in [4.69, 9.17) is 32.8 Å². The van der Waals surface area contributed by atoms with Gasteiger partial charge in [0.05, 0.1) is 13.2 Å². The lowest BCUT2D eigenvalue weighted by Gasteiger charge is -2.25. The van der Waals surface area contributed by atoms with Gasteiger partial charge in [0.25, 0.3) is 11.1 Å². The molecule has 0 aromatic carbocycles. The van der Waals surface area contributed by atoms with Gasteiger partial charge in [0.2, 0.25) is 7.11 Å². The lowest BCUT2D eigenvalue weighted by molar-refractivity contribution is -0.0610. The molecule has 4 heterocycles. The van der Waals surface area contributed by atoms with Crippen LogP contribution in [0.2, 0.25) is 0 Å². The predicted molar refractivity (Wildman–Crippen MR) is 142 cm³/mol. The van der Waals surface area contributed by atoms with Gasteiger partial charge in [-0.15, -0.1) is 0 Å². The lowest BCUT2D eigenvalue weighted by atomic mass is 10.1. The Kier molecular flexibility index (Phi) is 10.9. The molecule has 0 spiro atoms. The van der Waals surface area contributed by atoms with Crippen molar-refractivity contribution >= 4 is 23.5 Å². The fourth-order valence-electron chi connectivity index (χ4n) is 4.39. The Bertz CT molecular complexity index is 1780. The zero-order valence-electron chi connectivity index (χ0n) is 22.7. The minimum absolute atomic E-state index is 0.634. The van der Waals surface area contributed by atoms with E-state index in [2.05, 4.69) is 16.2 Å². The molecule has 4 rings (SSSR count). The molecule has 2 aliphatic rings. The van der Waals surface area contributed by atoms with Crippen molar-refractivity contribution < 1.29 is 75.6 Å². The molecule has 2 aromatic heterocycles. The lowest BCUT2D eigenvalue weighted by Crippen LogP contribution is -2.39. The molecule has 0 radical (unpaired) electrons. The molecular formula is C19H26N4O20P3+. The Morgan fingerprint density at radius 2 is 1.15 bits per heavy atom. The van der Waals surface area contributed by atoms with E-state index in [1.807, 2.05) is 9.97 Å². The number of ether oxygens (including phenoxy) is 2. The molecular weight excluding hydrogens is 697 g/mol. The minimum Gasteiger partial charge on any atom is -0.386 e. The molecule has 0 bridgehead atoms. The van der Waals surface area contributed by atoms with Crippen LogP contribution in [0.1, 0.15) is 12.5 Å². The van der Waals surface area contributed by atoms with Crippen LogP contribution in [0.25, 0.3) is 0 Å². The third kappa shape index (κ3) is 8.65. The van der Waals surface area contributed by atoms with Gasteiger partial charge in [-0.25, -0.2) is 23.3 Å². The van der Waals surface area contributed by atoms with Crippen molar-refractivity contribution in [3.05, 3.63) is 73.3 Å². The standard InChI is InChI=1S/C19H25N4O20P3/c1-37-45(33,34)42-14-9(41-16(12(14)26)22-4-2-10(24)20-18(22)28)7-39-46(35,36)43-15-8(6-38-44(30,31)32)40-17(13(15)27)23-5-3-11(25)21-19(23)29/h2-5,8-9,12-17,26-27H,1,6-7H2,(H5-,20,21,24,25,28,29,30,31,32,33,34,35,36)/p+1/t8-,9-,12-,13-,14-,15-,16-,17-/m1/s1. The van der Waals surface area contributed by atoms with E-state index >= 15 is 0 Å². The normalized spacial score (nSPS) is 31.0. The number of nitrogens with zero attached hydrogens (tertiary/aromatic N) is 2. The van der Waals surface area contributed by atoms with Crippen LogP contribution in [0.4, 0.5) is 0 Å². The first-order chi connectivity index (χ1) is 21.3. The number of aromatic amines is 2. The first-order valence-corrected chi connectivity index (χ1v) is 16.9. The van der Waals surface area contributed by atoms with E-state index in [0.717, 1.165) is 24.5 Å². The van der Waals surface area contributed by atoms with Crippen LogP contribution in [-0.2, 0) is 45.8 Å². The number of phosphoric acid groups is 3. The van der Waals surface area contributed by atoms with Crippen molar-refractivity contribution in [2.75, 3.05) is 13.2 Å². The van der Waals surface area contributed by atoms with Crippen LogP contribution < -0.4 is 22.5 Å². The number of H-pyrrole nitrogens is 2. The average Bonchev–Trinajstić information content (AvgIpc) is 3.41. The summed E-state index contributed by atoms with van der Waals surface area (Å²) in [6, 6.07) is 1.74. The van der Waals surface area contributed by atoms with Crippen molar-refractivity contribution in [2.45, 2.75) is 49.1 Å². The largest absolute Gasteiger partial charge is 0.512 e. The quantitative estimate of drug-likeness (QED) is 0.0734. The second kappa shape index (κ2) is 13.9. The number of phosphoric ester groups is 3. The van der Waals surface area contributed by atoms with Crippen LogP contribution in [-0.4, -0.2) is 98.7 Å². The highest BCUT2D eigenvalue weighted by atomic mass is 31.2. The van der Waals surface area contributed by atoms with Crippen molar-refractivity contribution in [1.29, 1.82) is 0 Å². The van der Waals surface area contributed by atoms with Crippen molar-refractivity contribution in [2.24, 2.45) is 0 Å². The summed E-state index contributed by atoms with van der Waals surface area (Å²) >= 11 is 0. The summed E-state index contributed by atoms with van der Waals surface area (Å²) < 4.78 is 71.6. The minimum atomic E-state index is -5.43. The van der Waals surface area contributed by atoms with Gasteiger partial charge in [0, 0.05) is 24.5 Å².